The lowest BCUT2D eigenvalue weighted by Gasteiger charge is -2.24. The van der Waals surface area contributed by atoms with Crippen LogP contribution in [-0.2, 0) is 4.79 Å². The Morgan fingerprint density at radius 3 is 2.67 bits per heavy atom. The molecule has 1 amide bonds. The SMILES string of the molecule is CNC(=O)C(C)(C)CNc1cc(F)c(Br)cc1N. The summed E-state index contributed by atoms with van der Waals surface area (Å²) in [7, 11) is 1.58. The second-order valence-corrected chi connectivity index (χ2v) is 5.52. The van der Waals surface area contributed by atoms with Gasteiger partial charge in [0.15, 0.2) is 0 Å². The number of hydrogen-bond donors (Lipinski definition) is 3. The van der Waals surface area contributed by atoms with E-state index in [4.69, 9.17) is 5.73 Å². The molecule has 100 valence electrons. The normalized spacial score (nSPS) is 11.2. The second kappa shape index (κ2) is 5.56. The molecule has 1 aromatic rings. The third-order valence-corrected chi connectivity index (χ3v) is 3.26. The average molecular weight is 318 g/mol. The first-order valence-electron chi connectivity index (χ1n) is 5.48. The van der Waals surface area contributed by atoms with Crippen LogP contribution in [0.3, 0.4) is 0 Å². The molecular formula is C12H17BrFN3O. The number of halogens is 2. The van der Waals surface area contributed by atoms with Gasteiger partial charge in [-0.05, 0) is 35.8 Å². The maximum Gasteiger partial charge on any atom is 0.227 e. The van der Waals surface area contributed by atoms with E-state index in [2.05, 4.69) is 26.6 Å². The van der Waals surface area contributed by atoms with E-state index < -0.39 is 11.2 Å². The highest BCUT2D eigenvalue weighted by Crippen LogP contribution is 2.27. The fourth-order valence-electron chi connectivity index (χ4n) is 1.45. The van der Waals surface area contributed by atoms with Crippen molar-refractivity contribution in [3.8, 4) is 0 Å². The van der Waals surface area contributed by atoms with Crippen molar-refractivity contribution in [3.63, 3.8) is 0 Å². The molecule has 0 aliphatic carbocycles. The van der Waals surface area contributed by atoms with Gasteiger partial charge in [-0.3, -0.25) is 4.79 Å². The van der Waals surface area contributed by atoms with Crippen LogP contribution >= 0.6 is 15.9 Å². The first-order valence-corrected chi connectivity index (χ1v) is 6.28. The van der Waals surface area contributed by atoms with Gasteiger partial charge in [0.2, 0.25) is 5.91 Å². The van der Waals surface area contributed by atoms with Gasteiger partial charge in [-0.15, -0.1) is 0 Å². The van der Waals surface area contributed by atoms with Gasteiger partial charge in [-0.1, -0.05) is 0 Å². The van der Waals surface area contributed by atoms with E-state index in [0.717, 1.165) is 0 Å². The average Bonchev–Trinajstić information content (AvgIpc) is 2.31. The first kappa shape index (κ1) is 14.8. The van der Waals surface area contributed by atoms with Crippen LogP contribution in [0.15, 0.2) is 16.6 Å². The molecule has 0 saturated carbocycles. The molecule has 1 aromatic carbocycles. The van der Waals surface area contributed by atoms with Gasteiger partial charge in [0.25, 0.3) is 0 Å². The molecule has 0 atom stereocenters. The predicted octanol–water partition coefficient (Wildman–Crippen LogP) is 2.35. The van der Waals surface area contributed by atoms with Crippen LogP contribution in [-0.4, -0.2) is 19.5 Å². The van der Waals surface area contributed by atoms with Crippen LogP contribution < -0.4 is 16.4 Å². The number of nitrogens with two attached hydrogens (primary N) is 1. The molecule has 4 N–H and O–H groups in total. The van der Waals surface area contributed by atoms with Crippen LogP contribution in [0.2, 0.25) is 0 Å². The van der Waals surface area contributed by atoms with Crippen molar-refractivity contribution in [2.75, 3.05) is 24.6 Å². The van der Waals surface area contributed by atoms with Crippen molar-refractivity contribution in [1.82, 2.24) is 5.32 Å². The zero-order valence-corrected chi connectivity index (χ0v) is 12.2. The number of benzene rings is 1. The van der Waals surface area contributed by atoms with Gasteiger partial charge in [0.1, 0.15) is 5.82 Å². The zero-order valence-electron chi connectivity index (χ0n) is 10.6. The van der Waals surface area contributed by atoms with E-state index in [0.29, 0.717) is 22.4 Å². The molecule has 18 heavy (non-hydrogen) atoms. The molecular weight excluding hydrogens is 301 g/mol. The minimum Gasteiger partial charge on any atom is -0.397 e. The number of nitrogen functional groups attached to an aromatic ring is 1. The van der Waals surface area contributed by atoms with Crippen molar-refractivity contribution >= 4 is 33.2 Å². The molecule has 0 spiro atoms. The van der Waals surface area contributed by atoms with E-state index in [1.54, 1.807) is 20.9 Å². The van der Waals surface area contributed by atoms with Crippen LogP contribution in [0.1, 0.15) is 13.8 Å². The van der Waals surface area contributed by atoms with E-state index in [1.165, 1.54) is 12.1 Å². The van der Waals surface area contributed by atoms with Crippen molar-refractivity contribution in [3.05, 3.63) is 22.4 Å². The standard InChI is InChI=1S/C12H17BrFN3O/c1-12(2,11(18)16-3)6-17-10-5-8(14)7(13)4-9(10)15/h4-5,17H,6,15H2,1-3H3,(H,16,18). The van der Waals surface area contributed by atoms with Gasteiger partial charge < -0.3 is 16.4 Å². The van der Waals surface area contributed by atoms with Crippen molar-refractivity contribution in [2.45, 2.75) is 13.8 Å². The van der Waals surface area contributed by atoms with Crippen LogP contribution in [0.4, 0.5) is 15.8 Å². The highest BCUT2D eigenvalue weighted by atomic mass is 79.9. The minimum absolute atomic E-state index is 0.0915. The Morgan fingerprint density at radius 2 is 2.11 bits per heavy atom. The number of anilines is 2. The van der Waals surface area contributed by atoms with Gasteiger partial charge in [-0.2, -0.15) is 0 Å². The number of hydrogen-bond acceptors (Lipinski definition) is 3. The maximum absolute atomic E-state index is 13.4. The lowest BCUT2D eigenvalue weighted by Crippen LogP contribution is -2.39. The molecule has 1 rings (SSSR count). The molecule has 0 bridgehead atoms. The highest BCUT2D eigenvalue weighted by Gasteiger charge is 2.26. The lowest BCUT2D eigenvalue weighted by atomic mass is 9.92. The highest BCUT2D eigenvalue weighted by molar-refractivity contribution is 9.10. The minimum atomic E-state index is -0.606. The maximum atomic E-state index is 13.4. The van der Waals surface area contributed by atoms with E-state index in [-0.39, 0.29) is 5.91 Å². The van der Waals surface area contributed by atoms with Gasteiger partial charge in [0, 0.05) is 19.7 Å². The molecule has 6 heteroatoms. The van der Waals surface area contributed by atoms with Crippen LogP contribution in [0.5, 0.6) is 0 Å². The van der Waals surface area contributed by atoms with Crippen LogP contribution in [0.25, 0.3) is 0 Å². The number of rotatable bonds is 4. The molecule has 0 fully saturated rings. The molecule has 0 heterocycles. The van der Waals surface area contributed by atoms with E-state index >= 15 is 0 Å². The van der Waals surface area contributed by atoms with E-state index in [9.17, 15) is 9.18 Å². The van der Waals surface area contributed by atoms with Gasteiger partial charge in [0.05, 0.1) is 21.3 Å². The molecule has 4 nitrogen and oxygen atoms in total. The number of nitrogens with one attached hydrogen (secondary N) is 2. The summed E-state index contributed by atoms with van der Waals surface area (Å²) in [5.41, 5.74) is 6.07. The predicted molar refractivity (Wildman–Crippen MR) is 74.8 cm³/mol. The van der Waals surface area contributed by atoms with Crippen molar-refractivity contribution < 1.29 is 9.18 Å². The summed E-state index contributed by atoms with van der Waals surface area (Å²) in [5.74, 6) is -0.490. The van der Waals surface area contributed by atoms with Gasteiger partial charge >= 0.3 is 0 Å². The largest absolute Gasteiger partial charge is 0.397 e. The fraction of sp³-hybridized carbons (Fsp3) is 0.417. The molecule has 0 aliphatic rings. The van der Waals surface area contributed by atoms with E-state index in [1.807, 2.05) is 0 Å². The Bertz CT molecular complexity index is 463. The topological polar surface area (TPSA) is 67.2 Å². The third kappa shape index (κ3) is 3.35. The quantitative estimate of drug-likeness (QED) is 0.747. The summed E-state index contributed by atoms with van der Waals surface area (Å²) < 4.78 is 13.7. The summed E-state index contributed by atoms with van der Waals surface area (Å²) in [6.45, 7) is 3.95. The monoisotopic (exact) mass is 317 g/mol. The molecule has 0 aromatic heterocycles. The Morgan fingerprint density at radius 1 is 1.50 bits per heavy atom. The Labute approximate surface area is 114 Å². The van der Waals surface area contributed by atoms with Crippen molar-refractivity contribution in [2.24, 2.45) is 5.41 Å². The number of carbonyl (C=O) groups is 1. The Kier molecular flexibility index (Phi) is 4.56. The summed E-state index contributed by atoms with van der Waals surface area (Å²) in [4.78, 5) is 11.6. The summed E-state index contributed by atoms with van der Waals surface area (Å²) in [6, 6.07) is 2.80. The molecule has 0 unspecified atom stereocenters. The second-order valence-electron chi connectivity index (χ2n) is 4.67. The van der Waals surface area contributed by atoms with Gasteiger partial charge in [-0.25, -0.2) is 4.39 Å². The fourth-order valence-corrected chi connectivity index (χ4v) is 1.81. The summed E-state index contributed by atoms with van der Waals surface area (Å²) in [5, 5.41) is 5.57. The molecule has 0 radical (unpaired) electrons. The Balaban J connectivity index is 2.81. The lowest BCUT2D eigenvalue weighted by molar-refractivity contribution is -0.128. The Hall–Kier alpha value is -1.30. The zero-order chi connectivity index (χ0) is 13.9. The summed E-state index contributed by atoms with van der Waals surface area (Å²) >= 11 is 3.06. The number of amides is 1. The first-order chi connectivity index (χ1) is 8.27. The van der Waals surface area contributed by atoms with Crippen LogP contribution in [0, 0.1) is 11.2 Å². The summed E-state index contributed by atoms with van der Waals surface area (Å²) in [6.07, 6.45) is 0. The smallest absolute Gasteiger partial charge is 0.227 e. The molecule has 0 saturated heterocycles. The third-order valence-electron chi connectivity index (χ3n) is 2.65. The number of carbonyl (C=O) groups excluding carboxylic acids is 1. The molecule has 0 aliphatic heterocycles. The van der Waals surface area contributed by atoms with Crippen molar-refractivity contribution in [1.29, 1.82) is 0 Å².